The summed E-state index contributed by atoms with van der Waals surface area (Å²) in [7, 11) is 0. The van der Waals surface area contributed by atoms with Gasteiger partial charge in [0.1, 0.15) is 72.7 Å². The first-order chi connectivity index (χ1) is 55.0. The maximum absolute atomic E-state index is 13.1. The van der Waals surface area contributed by atoms with E-state index >= 15 is 0 Å². The van der Waals surface area contributed by atoms with E-state index in [-0.39, 0.29) is 23.3 Å². The number of hydrogen-bond acceptors (Lipinski definition) is 12. The molecule has 0 aliphatic carbocycles. The van der Waals surface area contributed by atoms with Crippen LogP contribution in [-0.2, 0) is 79.0 Å². The summed E-state index contributed by atoms with van der Waals surface area (Å²) < 4.78 is 52.6. The van der Waals surface area contributed by atoms with Crippen LogP contribution in [0.15, 0.2) is 365 Å². The van der Waals surface area contributed by atoms with E-state index < -0.39 is 0 Å². The molecule has 0 fully saturated rings. The van der Waals surface area contributed by atoms with Gasteiger partial charge < -0.3 is 0 Å². The zero-order valence-corrected chi connectivity index (χ0v) is 61.8. The molecular formula is C92H84F4N16. The summed E-state index contributed by atoms with van der Waals surface area (Å²) >= 11 is 0. The molecule has 4 heterocycles. The first-order valence-electron chi connectivity index (χ1n) is 36.9. The summed E-state index contributed by atoms with van der Waals surface area (Å²) in [6.45, 7) is 8.60. The Morgan fingerprint density at radius 2 is 0.330 bits per heavy atom. The van der Waals surface area contributed by atoms with Gasteiger partial charge in [-0.15, -0.1) is 0 Å². The van der Waals surface area contributed by atoms with E-state index in [1.54, 1.807) is 92.5 Å². The summed E-state index contributed by atoms with van der Waals surface area (Å²) in [5, 5.41) is 35.9. The zero-order valence-electron chi connectivity index (χ0n) is 61.8. The van der Waals surface area contributed by atoms with Crippen LogP contribution in [0, 0.1) is 23.3 Å². The van der Waals surface area contributed by atoms with Crippen LogP contribution in [0.4, 0.5) is 17.6 Å². The average Bonchev–Trinajstić information content (AvgIpc) is 1.72. The largest absolute Gasteiger partial charge is 0.274 e. The molecule has 0 aliphatic rings. The van der Waals surface area contributed by atoms with E-state index in [0.29, 0.717) is 26.7 Å². The van der Waals surface area contributed by atoms with Crippen LogP contribution in [0.1, 0.15) is 44.5 Å². The van der Waals surface area contributed by atoms with Gasteiger partial charge in [-0.05, 0) is 142 Å². The van der Waals surface area contributed by atoms with Crippen molar-refractivity contribution in [2.75, 3.05) is 0 Å². The molecule has 0 unspecified atom stereocenters. The van der Waals surface area contributed by atoms with Gasteiger partial charge in [0.2, 0.25) is 0 Å². The predicted octanol–water partition coefficient (Wildman–Crippen LogP) is 19.0. The molecule has 560 valence electrons. The molecule has 16 aromatic rings. The third-order valence-corrected chi connectivity index (χ3v) is 18.0. The van der Waals surface area contributed by atoms with Crippen molar-refractivity contribution in [1.82, 2.24) is 79.6 Å². The first kappa shape index (κ1) is 76.9. The number of rotatable bonds is 28. The maximum atomic E-state index is 13.1. The minimum absolute atomic E-state index is 0.256. The molecule has 0 amide bonds. The van der Waals surface area contributed by atoms with Crippen LogP contribution >= 0.6 is 0 Å². The minimum atomic E-state index is -0.256. The van der Waals surface area contributed by atoms with Crippen molar-refractivity contribution in [2.45, 2.75) is 79.0 Å². The molecule has 0 saturated heterocycles. The molecule has 0 atom stereocenters. The van der Waals surface area contributed by atoms with Gasteiger partial charge >= 0.3 is 0 Å². The Balaban J connectivity index is 0.000000131. The molecule has 16 nitrogen and oxygen atoms in total. The Bertz CT molecular complexity index is 4500. The molecule has 20 heteroatoms. The first-order valence-corrected chi connectivity index (χ1v) is 36.9. The maximum Gasteiger partial charge on any atom is 0.123 e. The molecule has 12 aromatic carbocycles. The lowest BCUT2D eigenvalue weighted by Crippen LogP contribution is -2.27. The van der Waals surface area contributed by atoms with E-state index in [2.05, 4.69) is 255 Å². The smallest absolute Gasteiger partial charge is 0.123 e. The standard InChI is InChI=1S/4C23H21FN4/c4*24-22-13-11-21(12-14-22)23-15-25-28(26-23)18-27(16-19-7-3-1-4-8-19)17-20-9-5-2-6-10-20/h4*1-15H,16-18H2. The molecule has 0 saturated carbocycles. The van der Waals surface area contributed by atoms with E-state index in [4.69, 9.17) is 0 Å². The number of aromatic nitrogens is 12. The molecule has 0 radical (unpaired) electrons. The van der Waals surface area contributed by atoms with Crippen LogP contribution in [0.3, 0.4) is 0 Å². The van der Waals surface area contributed by atoms with Crippen LogP contribution in [0.25, 0.3) is 45.0 Å². The second-order valence-electron chi connectivity index (χ2n) is 26.8. The minimum Gasteiger partial charge on any atom is -0.274 e. The fraction of sp³-hybridized carbons (Fsp3) is 0.130. The van der Waals surface area contributed by atoms with Crippen molar-refractivity contribution >= 4 is 0 Å². The SMILES string of the molecule is Fc1ccc(-c2cnn(CN(Cc3ccccc3)Cc3ccccc3)n2)cc1.Fc1ccc(-c2cnn(CN(Cc3ccccc3)Cc3ccccc3)n2)cc1.Fc1ccc(-c2cnn(CN(Cc3ccccc3)Cc3ccccc3)n2)cc1.Fc1ccc(-c2cnn(CN(Cc3ccccc3)Cc3ccccc3)n2)cc1. The Hall–Kier alpha value is -13.2. The van der Waals surface area contributed by atoms with Gasteiger partial charge in [-0.25, -0.2) is 17.6 Å². The molecular weight excluding hydrogens is 1410 g/mol. The third-order valence-electron chi connectivity index (χ3n) is 18.0. The molecule has 0 N–H and O–H groups in total. The highest BCUT2D eigenvalue weighted by Gasteiger charge is 2.17. The monoisotopic (exact) mass is 1490 g/mol. The topological polar surface area (TPSA) is 136 Å². The van der Waals surface area contributed by atoms with E-state index in [1.165, 1.54) is 93.0 Å². The summed E-state index contributed by atoms with van der Waals surface area (Å²) in [4.78, 5) is 15.9. The summed E-state index contributed by atoms with van der Waals surface area (Å²) in [5.74, 6) is -1.03. The summed E-state index contributed by atoms with van der Waals surface area (Å²) in [6, 6.07) is 108. The van der Waals surface area contributed by atoms with Gasteiger partial charge in [-0.3, -0.25) is 19.6 Å². The molecule has 4 aromatic heterocycles. The van der Waals surface area contributed by atoms with Crippen molar-refractivity contribution < 1.29 is 17.6 Å². The van der Waals surface area contributed by atoms with E-state index in [1.807, 2.05) is 48.5 Å². The quantitative estimate of drug-likeness (QED) is 0.0432. The van der Waals surface area contributed by atoms with Crippen LogP contribution in [0.2, 0.25) is 0 Å². The normalized spacial score (nSPS) is 11.1. The van der Waals surface area contributed by atoms with Gasteiger partial charge in [0.25, 0.3) is 0 Å². The number of halogens is 4. The fourth-order valence-electron chi connectivity index (χ4n) is 12.5. The van der Waals surface area contributed by atoms with Crippen molar-refractivity contribution in [2.24, 2.45) is 0 Å². The lowest BCUT2D eigenvalue weighted by Gasteiger charge is -2.22. The Morgan fingerprint density at radius 1 is 0.188 bits per heavy atom. The molecule has 0 aliphatic heterocycles. The average molecular weight is 1490 g/mol. The lowest BCUT2D eigenvalue weighted by molar-refractivity contribution is 0.177. The highest BCUT2D eigenvalue weighted by atomic mass is 19.1. The van der Waals surface area contributed by atoms with Crippen molar-refractivity contribution in [1.29, 1.82) is 0 Å². The molecule has 0 bridgehead atoms. The van der Waals surface area contributed by atoms with Crippen LogP contribution in [-0.4, -0.2) is 79.6 Å². The Labute approximate surface area is 650 Å². The lowest BCUT2D eigenvalue weighted by atomic mass is 10.2. The van der Waals surface area contributed by atoms with Gasteiger partial charge in [0, 0.05) is 74.6 Å². The van der Waals surface area contributed by atoms with Crippen molar-refractivity contribution in [3.05, 3.63) is 432 Å². The predicted molar refractivity (Wildman–Crippen MR) is 430 cm³/mol. The Kier molecular flexibility index (Phi) is 27.7. The fourth-order valence-corrected chi connectivity index (χ4v) is 12.5. The number of nitrogens with zero attached hydrogens (tertiary/aromatic N) is 16. The highest BCUT2D eigenvalue weighted by Crippen LogP contribution is 2.23. The van der Waals surface area contributed by atoms with Crippen LogP contribution < -0.4 is 0 Å². The van der Waals surface area contributed by atoms with Crippen molar-refractivity contribution in [3.63, 3.8) is 0 Å². The van der Waals surface area contributed by atoms with Gasteiger partial charge in [0.05, 0.1) is 24.8 Å². The number of benzene rings is 12. The second kappa shape index (κ2) is 40.3. The van der Waals surface area contributed by atoms with E-state index in [9.17, 15) is 17.6 Å². The van der Waals surface area contributed by atoms with Gasteiger partial charge in [0.15, 0.2) is 0 Å². The Morgan fingerprint density at radius 3 is 0.473 bits per heavy atom. The number of hydrogen-bond donors (Lipinski definition) is 0. The van der Waals surface area contributed by atoms with Gasteiger partial charge in [-0.1, -0.05) is 243 Å². The van der Waals surface area contributed by atoms with E-state index in [0.717, 1.165) is 97.4 Å². The highest BCUT2D eigenvalue weighted by molar-refractivity contribution is 5.59. The molecule has 16 rings (SSSR count). The summed E-state index contributed by atoms with van der Waals surface area (Å²) in [5.41, 5.74) is 16.3. The zero-order chi connectivity index (χ0) is 76.7. The second-order valence-corrected chi connectivity index (χ2v) is 26.8. The van der Waals surface area contributed by atoms with Crippen molar-refractivity contribution in [3.8, 4) is 45.0 Å². The molecule has 112 heavy (non-hydrogen) atoms. The summed E-state index contributed by atoms with van der Waals surface area (Å²) in [6.07, 6.45) is 6.87. The van der Waals surface area contributed by atoms with Crippen LogP contribution in [0.5, 0.6) is 0 Å². The third kappa shape index (κ3) is 24.4. The molecule has 0 spiro atoms. The van der Waals surface area contributed by atoms with Gasteiger partial charge in [-0.2, -0.15) is 60.0 Å².